The van der Waals surface area contributed by atoms with E-state index in [0.29, 0.717) is 32.5 Å². The maximum absolute atomic E-state index is 12.6. The average molecular weight is 561 g/mol. The summed E-state index contributed by atoms with van der Waals surface area (Å²) in [4.78, 5) is 25.0. The van der Waals surface area contributed by atoms with Crippen LogP contribution in [-0.2, 0) is 4.79 Å². The van der Waals surface area contributed by atoms with Crippen LogP contribution in [-0.4, -0.2) is 43.6 Å². The number of hydrogen-bond acceptors (Lipinski definition) is 3. The Morgan fingerprint density at radius 1 is 0.605 bits per heavy atom. The van der Waals surface area contributed by atoms with Crippen LogP contribution in [0.2, 0.25) is 0 Å². The van der Waals surface area contributed by atoms with Crippen molar-refractivity contribution < 1.29 is 9.59 Å². The van der Waals surface area contributed by atoms with Crippen molar-refractivity contribution in [2.45, 2.75) is 148 Å². The van der Waals surface area contributed by atoms with E-state index in [0.717, 1.165) is 38.5 Å². The largest absolute Gasteiger partial charge is 0.370 e. The van der Waals surface area contributed by atoms with Crippen LogP contribution >= 0.6 is 12.4 Å². The van der Waals surface area contributed by atoms with Gasteiger partial charge in [0.05, 0.1) is 0 Å². The van der Waals surface area contributed by atoms with E-state index in [-0.39, 0.29) is 30.3 Å². The number of guanidine groups is 1. The van der Waals surface area contributed by atoms with E-state index in [2.05, 4.69) is 35.1 Å². The molecule has 226 valence electrons. The molecule has 0 aliphatic heterocycles. The quantitative estimate of drug-likeness (QED) is 0.0408. The van der Waals surface area contributed by atoms with Crippen LogP contribution in [0.5, 0.6) is 0 Å². The van der Waals surface area contributed by atoms with Crippen molar-refractivity contribution in [2.24, 2.45) is 5.73 Å². The normalized spacial score (nSPS) is 11.3. The molecule has 0 aliphatic carbocycles. The Hall–Kier alpha value is -1.70. The highest BCUT2D eigenvalue weighted by Crippen LogP contribution is 2.12. The number of urea groups is 1. The van der Waals surface area contributed by atoms with Crippen molar-refractivity contribution in [2.75, 3.05) is 19.6 Å². The number of nitrogens with two attached hydrogens (primary N) is 1. The van der Waals surface area contributed by atoms with Crippen LogP contribution in [0, 0.1) is 5.41 Å². The van der Waals surface area contributed by atoms with Crippen molar-refractivity contribution in [3.8, 4) is 0 Å². The van der Waals surface area contributed by atoms with Gasteiger partial charge < -0.3 is 27.0 Å². The maximum atomic E-state index is 12.6. The smallest absolute Gasteiger partial charge is 0.315 e. The first-order valence-corrected chi connectivity index (χ1v) is 15.4. The summed E-state index contributed by atoms with van der Waals surface area (Å²) < 4.78 is 0. The Bertz CT molecular complexity index is 565. The van der Waals surface area contributed by atoms with Crippen molar-refractivity contribution in [1.29, 1.82) is 5.41 Å². The molecule has 3 amide bonds. The van der Waals surface area contributed by atoms with E-state index in [4.69, 9.17) is 11.1 Å². The Morgan fingerprint density at radius 3 is 1.47 bits per heavy atom. The van der Waals surface area contributed by atoms with E-state index in [9.17, 15) is 9.59 Å². The molecule has 0 aliphatic rings. The lowest BCUT2D eigenvalue weighted by molar-refractivity contribution is -0.123. The second-order valence-corrected chi connectivity index (χ2v) is 10.4. The molecule has 0 bridgehead atoms. The van der Waals surface area contributed by atoms with Gasteiger partial charge in [-0.2, -0.15) is 0 Å². The third-order valence-corrected chi connectivity index (χ3v) is 6.75. The first-order chi connectivity index (χ1) is 18.0. The summed E-state index contributed by atoms with van der Waals surface area (Å²) in [5.74, 6) is -0.234. The lowest BCUT2D eigenvalue weighted by atomic mass is 10.0. The standard InChI is InChI=1S/C29H60N6O2.ClH/c1-3-5-7-9-10-11-12-13-14-15-16-17-18-20-24-34-29(37)35-26(22-21-25-33-28(30)31)27(36)32-23-19-8-6-4-2;/h26H,3-25H2,1-2H3,(H,32,36)(H4,30,31,33)(H2,34,35,37);1H. The molecular weight excluding hydrogens is 500 g/mol. The van der Waals surface area contributed by atoms with Gasteiger partial charge in [0.25, 0.3) is 0 Å². The number of carbonyl (C=O) groups excluding carboxylic acids is 2. The molecule has 0 spiro atoms. The minimum Gasteiger partial charge on any atom is -0.370 e. The molecule has 0 aromatic rings. The zero-order valence-electron chi connectivity index (χ0n) is 24.6. The van der Waals surface area contributed by atoms with Crippen molar-refractivity contribution in [1.82, 2.24) is 21.3 Å². The summed E-state index contributed by atoms with van der Waals surface area (Å²) >= 11 is 0. The minimum atomic E-state index is -0.587. The summed E-state index contributed by atoms with van der Waals surface area (Å²) in [6, 6.07) is -0.878. The fourth-order valence-electron chi connectivity index (χ4n) is 4.42. The molecule has 0 rings (SSSR count). The second kappa shape index (κ2) is 29.9. The van der Waals surface area contributed by atoms with Crippen LogP contribution in [0.1, 0.15) is 142 Å². The number of rotatable bonds is 26. The molecular formula is C29H61ClN6O2. The third kappa shape index (κ3) is 27.3. The summed E-state index contributed by atoms with van der Waals surface area (Å²) in [5.41, 5.74) is 5.32. The Labute approximate surface area is 240 Å². The molecule has 1 unspecified atom stereocenters. The average Bonchev–Trinajstić information content (AvgIpc) is 2.87. The summed E-state index contributed by atoms with van der Waals surface area (Å²) in [6.07, 6.45) is 23.8. The van der Waals surface area contributed by atoms with E-state index < -0.39 is 6.04 Å². The molecule has 0 fully saturated rings. The van der Waals surface area contributed by atoms with Crippen molar-refractivity contribution in [3.63, 3.8) is 0 Å². The molecule has 0 saturated heterocycles. The molecule has 8 nitrogen and oxygen atoms in total. The van der Waals surface area contributed by atoms with Gasteiger partial charge in [0, 0.05) is 19.6 Å². The molecule has 0 aromatic heterocycles. The summed E-state index contributed by atoms with van der Waals surface area (Å²) in [6.45, 7) is 6.18. The highest BCUT2D eigenvalue weighted by Gasteiger charge is 2.19. The van der Waals surface area contributed by atoms with Gasteiger partial charge in [-0.25, -0.2) is 4.79 Å². The van der Waals surface area contributed by atoms with E-state index >= 15 is 0 Å². The second-order valence-electron chi connectivity index (χ2n) is 10.4. The number of unbranched alkanes of at least 4 members (excludes halogenated alkanes) is 16. The number of carbonyl (C=O) groups is 2. The van der Waals surface area contributed by atoms with E-state index in [1.54, 1.807) is 0 Å². The molecule has 7 N–H and O–H groups in total. The van der Waals surface area contributed by atoms with Crippen molar-refractivity contribution >= 4 is 30.3 Å². The lowest BCUT2D eigenvalue weighted by Crippen LogP contribution is -2.50. The van der Waals surface area contributed by atoms with Gasteiger partial charge in [-0.1, -0.05) is 117 Å². The highest BCUT2D eigenvalue weighted by atomic mass is 35.5. The number of amides is 3. The summed E-state index contributed by atoms with van der Waals surface area (Å²) in [7, 11) is 0. The van der Waals surface area contributed by atoms with Gasteiger partial charge in [-0.05, 0) is 25.7 Å². The maximum Gasteiger partial charge on any atom is 0.315 e. The number of hydrogen-bond donors (Lipinski definition) is 6. The Kier molecular flexibility index (Phi) is 30.2. The van der Waals surface area contributed by atoms with Crippen LogP contribution in [0.4, 0.5) is 4.79 Å². The molecule has 1 atom stereocenters. The highest BCUT2D eigenvalue weighted by molar-refractivity contribution is 5.87. The molecule has 0 radical (unpaired) electrons. The number of halogens is 1. The molecule has 0 saturated carbocycles. The topological polar surface area (TPSA) is 132 Å². The van der Waals surface area contributed by atoms with E-state index in [1.165, 1.54) is 77.0 Å². The zero-order chi connectivity index (χ0) is 27.4. The number of nitrogens with one attached hydrogen (secondary N) is 5. The van der Waals surface area contributed by atoms with Gasteiger partial charge in [-0.15, -0.1) is 12.4 Å². The van der Waals surface area contributed by atoms with Gasteiger partial charge >= 0.3 is 6.03 Å². The van der Waals surface area contributed by atoms with Gasteiger partial charge in [-0.3, -0.25) is 10.2 Å². The summed E-state index contributed by atoms with van der Waals surface area (Å²) in [5, 5.41) is 18.7. The van der Waals surface area contributed by atoms with Gasteiger partial charge in [0.2, 0.25) is 5.91 Å². The fourth-order valence-corrected chi connectivity index (χ4v) is 4.42. The molecule has 0 aromatic carbocycles. The van der Waals surface area contributed by atoms with Crippen LogP contribution < -0.4 is 27.0 Å². The van der Waals surface area contributed by atoms with Crippen LogP contribution in [0.15, 0.2) is 0 Å². The molecule has 9 heteroatoms. The van der Waals surface area contributed by atoms with Crippen LogP contribution in [0.3, 0.4) is 0 Å². The lowest BCUT2D eigenvalue weighted by Gasteiger charge is -2.19. The Morgan fingerprint density at radius 2 is 1.00 bits per heavy atom. The monoisotopic (exact) mass is 560 g/mol. The predicted molar refractivity (Wildman–Crippen MR) is 164 cm³/mol. The van der Waals surface area contributed by atoms with E-state index in [1.807, 2.05) is 0 Å². The SMILES string of the molecule is CCCCCCCCCCCCCCCCNC(=O)NC(CCCNC(=N)N)C(=O)NCCCCCC.Cl. The predicted octanol–water partition coefficient (Wildman–Crippen LogP) is 6.52. The zero-order valence-corrected chi connectivity index (χ0v) is 25.5. The van der Waals surface area contributed by atoms with Crippen molar-refractivity contribution in [3.05, 3.63) is 0 Å². The van der Waals surface area contributed by atoms with Crippen LogP contribution in [0.25, 0.3) is 0 Å². The molecule has 0 heterocycles. The Balaban J connectivity index is 0. The molecule has 38 heavy (non-hydrogen) atoms. The third-order valence-electron chi connectivity index (χ3n) is 6.75. The fraction of sp³-hybridized carbons (Fsp3) is 0.897. The first-order valence-electron chi connectivity index (χ1n) is 15.4. The van der Waals surface area contributed by atoms with Gasteiger partial charge in [0.15, 0.2) is 5.96 Å². The minimum absolute atomic E-state index is 0. The first kappa shape index (κ1) is 38.4. The van der Waals surface area contributed by atoms with Gasteiger partial charge in [0.1, 0.15) is 6.04 Å².